The van der Waals surface area contributed by atoms with Crippen molar-refractivity contribution in [2.24, 2.45) is 5.73 Å². The number of hydrogen-bond acceptors (Lipinski definition) is 3. The zero-order valence-corrected chi connectivity index (χ0v) is 12.0. The van der Waals surface area contributed by atoms with E-state index in [1.807, 2.05) is 24.4 Å². The lowest BCUT2D eigenvalue weighted by Crippen LogP contribution is -2.16. The highest BCUT2D eigenvalue weighted by atomic mass is 16.1. The molecule has 1 amide bonds. The number of aromatic nitrogens is 1. The van der Waals surface area contributed by atoms with E-state index in [1.165, 1.54) is 11.1 Å². The summed E-state index contributed by atoms with van der Waals surface area (Å²) in [5, 5.41) is 2.03. The zero-order chi connectivity index (χ0) is 15.1. The summed E-state index contributed by atoms with van der Waals surface area (Å²) < 4.78 is 0. The molecule has 0 spiro atoms. The summed E-state index contributed by atoms with van der Waals surface area (Å²) in [4.78, 5) is 18.2. The SMILES string of the molecule is NC(=O)c1ccc2ccnc(N3Cc4ccccc4C3)c2c1. The van der Waals surface area contributed by atoms with Gasteiger partial charge in [-0.25, -0.2) is 4.98 Å². The first-order valence-corrected chi connectivity index (χ1v) is 7.23. The monoisotopic (exact) mass is 289 g/mol. The molecule has 2 heterocycles. The Morgan fingerprint density at radius 1 is 1.05 bits per heavy atom. The number of nitrogens with two attached hydrogens (primary N) is 1. The molecule has 0 unspecified atom stereocenters. The maximum Gasteiger partial charge on any atom is 0.248 e. The third-order valence-corrected chi connectivity index (χ3v) is 4.17. The molecule has 0 bridgehead atoms. The summed E-state index contributed by atoms with van der Waals surface area (Å²) in [7, 11) is 0. The van der Waals surface area contributed by atoms with Crippen LogP contribution in [0.25, 0.3) is 10.8 Å². The molecule has 108 valence electrons. The molecule has 0 saturated heterocycles. The average molecular weight is 289 g/mol. The van der Waals surface area contributed by atoms with Crippen molar-refractivity contribution in [2.75, 3.05) is 4.90 Å². The third-order valence-electron chi connectivity index (χ3n) is 4.17. The number of anilines is 1. The first-order chi connectivity index (χ1) is 10.7. The summed E-state index contributed by atoms with van der Waals surface area (Å²) in [5.41, 5.74) is 8.57. The molecule has 0 saturated carbocycles. The van der Waals surface area contributed by atoms with E-state index in [4.69, 9.17) is 5.73 Å². The maximum atomic E-state index is 11.4. The minimum absolute atomic E-state index is 0.415. The van der Waals surface area contributed by atoms with Crippen LogP contribution in [-0.4, -0.2) is 10.9 Å². The van der Waals surface area contributed by atoms with Gasteiger partial charge in [-0.05, 0) is 34.7 Å². The number of carbonyl (C=O) groups is 1. The first-order valence-electron chi connectivity index (χ1n) is 7.23. The molecule has 0 radical (unpaired) electrons. The van der Waals surface area contributed by atoms with Crippen molar-refractivity contribution in [3.63, 3.8) is 0 Å². The van der Waals surface area contributed by atoms with Gasteiger partial charge in [0.15, 0.2) is 0 Å². The maximum absolute atomic E-state index is 11.4. The smallest absolute Gasteiger partial charge is 0.248 e. The largest absolute Gasteiger partial charge is 0.366 e. The molecule has 0 fully saturated rings. The number of amides is 1. The molecule has 4 rings (SSSR count). The molecule has 3 aromatic rings. The summed E-state index contributed by atoms with van der Waals surface area (Å²) >= 11 is 0. The molecule has 1 aromatic heterocycles. The third kappa shape index (κ3) is 2.00. The second-order valence-electron chi connectivity index (χ2n) is 5.56. The van der Waals surface area contributed by atoms with Gasteiger partial charge in [-0.2, -0.15) is 0 Å². The van der Waals surface area contributed by atoms with Crippen LogP contribution in [0.1, 0.15) is 21.5 Å². The lowest BCUT2D eigenvalue weighted by atomic mass is 10.1. The van der Waals surface area contributed by atoms with Crippen LogP contribution in [-0.2, 0) is 13.1 Å². The van der Waals surface area contributed by atoms with Crippen LogP contribution in [0.15, 0.2) is 54.7 Å². The normalized spacial score (nSPS) is 13.4. The Labute approximate surface area is 128 Å². The van der Waals surface area contributed by atoms with E-state index in [2.05, 4.69) is 34.1 Å². The van der Waals surface area contributed by atoms with Crippen molar-refractivity contribution in [3.05, 3.63) is 71.4 Å². The Bertz CT molecular complexity index is 863. The number of nitrogens with zero attached hydrogens (tertiary/aromatic N) is 2. The quantitative estimate of drug-likeness (QED) is 0.789. The second kappa shape index (κ2) is 4.84. The highest BCUT2D eigenvalue weighted by Gasteiger charge is 2.21. The van der Waals surface area contributed by atoms with E-state index in [1.54, 1.807) is 6.07 Å². The second-order valence-corrected chi connectivity index (χ2v) is 5.56. The summed E-state index contributed by atoms with van der Waals surface area (Å²) in [6.07, 6.45) is 1.81. The number of benzene rings is 2. The predicted molar refractivity (Wildman–Crippen MR) is 86.6 cm³/mol. The minimum atomic E-state index is -0.415. The highest BCUT2D eigenvalue weighted by Crippen LogP contribution is 2.32. The van der Waals surface area contributed by atoms with Crippen LogP contribution in [0, 0.1) is 0 Å². The summed E-state index contributed by atoms with van der Waals surface area (Å²) in [6, 6.07) is 15.9. The minimum Gasteiger partial charge on any atom is -0.366 e. The molecule has 4 heteroatoms. The Morgan fingerprint density at radius 3 is 2.45 bits per heavy atom. The lowest BCUT2D eigenvalue weighted by molar-refractivity contribution is 0.100. The van der Waals surface area contributed by atoms with Gasteiger partial charge in [-0.1, -0.05) is 30.3 Å². The van der Waals surface area contributed by atoms with Crippen LogP contribution >= 0.6 is 0 Å². The van der Waals surface area contributed by atoms with Crippen LogP contribution in [0.3, 0.4) is 0 Å². The Balaban J connectivity index is 1.82. The van der Waals surface area contributed by atoms with Gasteiger partial charge in [0.2, 0.25) is 5.91 Å². The van der Waals surface area contributed by atoms with E-state index >= 15 is 0 Å². The Kier molecular flexibility index (Phi) is 2.82. The molecule has 4 nitrogen and oxygen atoms in total. The molecule has 1 aliphatic rings. The van der Waals surface area contributed by atoms with E-state index in [-0.39, 0.29) is 0 Å². The van der Waals surface area contributed by atoms with Crippen LogP contribution in [0.4, 0.5) is 5.82 Å². The van der Waals surface area contributed by atoms with Crippen molar-refractivity contribution < 1.29 is 4.79 Å². The summed E-state index contributed by atoms with van der Waals surface area (Å²) in [5.74, 6) is 0.484. The van der Waals surface area contributed by atoms with Gasteiger partial charge >= 0.3 is 0 Å². The van der Waals surface area contributed by atoms with Crippen LogP contribution < -0.4 is 10.6 Å². The lowest BCUT2D eigenvalue weighted by Gasteiger charge is -2.18. The highest BCUT2D eigenvalue weighted by molar-refractivity contribution is 6.00. The molecule has 22 heavy (non-hydrogen) atoms. The zero-order valence-electron chi connectivity index (χ0n) is 12.0. The first kappa shape index (κ1) is 12.8. The van der Waals surface area contributed by atoms with Gasteiger partial charge in [-0.15, -0.1) is 0 Å². The van der Waals surface area contributed by atoms with E-state index < -0.39 is 5.91 Å². The molecular formula is C18H15N3O. The average Bonchev–Trinajstić information content (AvgIpc) is 2.97. The van der Waals surface area contributed by atoms with Crippen molar-refractivity contribution in [1.29, 1.82) is 0 Å². The number of fused-ring (bicyclic) bond motifs is 2. The molecule has 2 aromatic carbocycles. The predicted octanol–water partition coefficient (Wildman–Crippen LogP) is 2.85. The fourth-order valence-corrected chi connectivity index (χ4v) is 3.04. The fourth-order valence-electron chi connectivity index (χ4n) is 3.04. The van der Waals surface area contributed by atoms with Crippen LogP contribution in [0.2, 0.25) is 0 Å². The molecular weight excluding hydrogens is 274 g/mol. The van der Waals surface area contributed by atoms with Crippen LogP contribution in [0.5, 0.6) is 0 Å². The van der Waals surface area contributed by atoms with Crippen molar-refractivity contribution in [2.45, 2.75) is 13.1 Å². The molecule has 0 atom stereocenters. The van der Waals surface area contributed by atoms with Gasteiger partial charge in [0.05, 0.1) is 0 Å². The number of rotatable bonds is 2. The van der Waals surface area contributed by atoms with Gasteiger partial charge in [0, 0.05) is 30.2 Å². The fraction of sp³-hybridized carbons (Fsp3) is 0.111. The van der Waals surface area contributed by atoms with E-state index in [0.29, 0.717) is 5.56 Å². The Hall–Kier alpha value is -2.88. The number of primary amides is 1. The van der Waals surface area contributed by atoms with Crippen molar-refractivity contribution in [1.82, 2.24) is 4.98 Å². The van der Waals surface area contributed by atoms with Gasteiger partial charge in [-0.3, -0.25) is 4.79 Å². The number of carbonyl (C=O) groups excluding carboxylic acids is 1. The molecule has 2 N–H and O–H groups in total. The number of pyridine rings is 1. The van der Waals surface area contributed by atoms with E-state index in [9.17, 15) is 4.79 Å². The van der Waals surface area contributed by atoms with Gasteiger partial charge in [0.1, 0.15) is 5.82 Å². The summed E-state index contributed by atoms with van der Waals surface area (Å²) in [6.45, 7) is 1.67. The topological polar surface area (TPSA) is 59.2 Å². The van der Waals surface area contributed by atoms with E-state index in [0.717, 1.165) is 29.7 Å². The molecule has 1 aliphatic heterocycles. The molecule has 0 aliphatic carbocycles. The van der Waals surface area contributed by atoms with Crippen molar-refractivity contribution in [3.8, 4) is 0 Å². The van der Waals surface area contributed by atoms with Gasteiger partial charge < -0.3 is 10.6 Å². The van der Waals surface area contributed by atoms with Crippen molar-refractivity contribution >= 4 is 22.5 Å². The number of hydrogen-bond donors (Lipinski definition) is 1. The van der Waals surface area contributed by atoms with Gasteiger partial charge in [0.25, 0.3) is 0 Å². The Morgan fingerprint density at radius 2 is 1.77 bits per heavy atom. The standard InChI is InChI=1S/C18H15N3O/c19-17(22)13-6-5-12-7-8-20-18(16(12)9-13)21-10-14-3-1-2-4-15(14)11-21/h1-9H,10-11H2,(H2,19,22).